The highest BCUT2D eigenvalue weighted by atomic mass is 35.5. The summed E-state index contributed by atoms with van der Waals surface area (Å²) in [7, 11) is 0. The average molecular weight is 493 g/mol. The molecule has 0 fully saturated rings. The molecule has 2 heterocycles. The van der Waals surface area contributed by atoms with Crippen LogP contribution in [0.25, 0.3) is 0 Å². The first-order valence-electron chi connectivity index (χ1n) is 11.0. The third-order valence-electron chi connectivity index (χ3n) is 5.11. The highest BCUT2D eigenvalue weighted by Gasteiger charge is 2.14. The smallest absolute Gasteiger partial charge is 0.267 e. The molecule has 0 saturated heterocycles. The van der Waals surface area contributed by atoms with Crippen molar-refractivity contribution < 1.29 is 9.53 Å². The number of aliphatic imine (C=N–C) groups is 1. The van der Waals surface area contributed by atoms with Crippen molar-refractivity contribution in [1.82, 2.24) is 4.98 Å². The second-order valence-corrected chi connectivity index (χ2v) is 9.13. The normalized spacial score (nSPS) is 13.8. The van der Waals surface area contributed by atoms with Crippen LogP contribution in [-0.2, 0) is 0 Å². The van der Waals surface area contributed by atoms with Crippen LogP contribution in [0.1, 0.15) is 34.5 Å². The molecule has 34 heavy (non-hydrogen) atoms. The number of ether oxygens (including phenoxy) is 1. The van der Waals surface area contributed by atoms with E-state index < -0.39 is 0 Å². The molecule has 0 saturated carbocycles. The Morgan fingerprint density at radius 3 is 2.97 bits per heavy atom. The summed E-state index contributed by atoms with van der Waals surface area (Å²) in [4.78, 5) is 21.5. The van der Waals surface area contributed by atoms with Gasteiger partial charge in [0.15, 0.2) is 5.13 Å². The molecule has 1 amide bonds. The molecule has 0 radical (unpaired) electrons. The highest BCUT2D eigenvalue weighted by molar-refractivity contribution is 7.17. The number of aromatic nitrogens is 1. The number of halogens is 1. The Hall–Kier alpha value is -3.42. The largest absolute Gasteiger partial charge is 0.494 e. The number of nitrogens with zero attached hydrogens (tertiary/aromatic N) is 2. The molecule has 0 spiro atoms. The van der Waals surface area contributed by atoms with Crippen LogP contribution in [-0.4, -0.2) is 23.7 Å². The summed E-state index contributed by atoms with van der Waals surface area (Å²) in [5.41, 5.74) is 3.65. The topological polar surface area (TPSA) is 75.6 Å². The minimum absolute atomic E-state index is 0.246. The molecule has 2 aromatic carbocycles. The Bertz CT molecular complexity index is 1230. The maximum atomic E-state index is 12.6. The van der Waals surface area contributed by atoms with E-state index in [1.807, 2.05) is 61.8 Å². The number of amides is 1. The van der Waals surface area contributed by atoms with Crippen molar-refractivity contribution in [1.29, 1.82) is 0 Å². The molecular formula is C26H25ClN4O2S. The van der Waals surface area contributed by atoms with E-state index in [1.165, 1.54) is 16.9 Å². The fourth-order valence-electron chi connectivity index (χ4n) is 3.33. The van der Waals surface area contributed by atoms with Crippen LogP contribution in [0, 0.1) is 6.92 Å². The summed E-state index contributed by atoms with van der Waals surface area (Å²) in [5.74, 6) is 0.538. The zero-order valence-electron chi connectivity index (χ0n) is 18.8. The Balaban J connectivity index is 1.29. The van der Waals surface area contributed by atoms with Crippen LogP contribution in [0.5, 0.6) is 5.75 Å². The van der Waals surface area contributed by atoms with Crippen LogP contribution in [0.15, 0.2) is 77.6 Å². The third-order valence-corrected chi connectivity index (χ3v) is 6.33. The van der Waals surface area contributed by atoms with Gasteiger partial charge in [0.05, 0.1) is 23.5 Å². The number of nitrogens with one attached hydrogen (secondary N) is 2. The fraction of sp³-hybridized carbons (Fsp3) is 0.192. The molecule has 1 aromatic heterocycles. The lowest BCUT2D eigenvalue weighted by molar-refractivity contribution is 0.103. The number of carbonyl (C=O) groups is 1. The number of unbranched alkanes of at least 4 members (excludes halogenated alkanes) is 1. The second kappa shape index (κ2) is 11.6. The van der Waals surface area contributed by atoms with Crippen LogP contribution in [0.2, 0.25) is 5.02 Å². The molecule has 3 aromatic rings. The molecule has 2 N–H and O–H groups in total. The predicted molar refractivity (Wildman–Crippen MR) is 141 cm³/mol. The first-order chi connectivity index (χ1) is 16.6. The molecule has 8 heteroatoms. The van der Waals surface area contributed by atoms with Gasteiger partial charge in [-0.1, -0.05) is 47.2 Å². The van der Waals surface area contributed by atoms with E-state index in [1.54, 1.807) is 12.3 Å². The minimum Gasteiger partial charge on any atom is -0.494 e. The number of thiazole rings is 1. The zero-order valence-corrected chi connectivity index (χ0v) is 20.3. The SMILES string of the molecule is Cc1cccc(Cl)c1NC(=O)c1cnc(Nc2cccc(OCCC/C=C3\C=CN=CC3)c2)s1. The van der Waals surface area contributed by atoms with Gasteiger partial charge in [-0.25, -0.2) is 4.98 Å². The van der Waals surface area contributed by atoms with E-state index >= 15 is 0 Å². The van der Waals surface area contributed by atoms with Crippen molar-refractivity contribution >= 4 is 51.6 Å². The van der Waals surface area contributed by atoms with Gasteiger partial charge in [-0.3, -0.25) is 9.79 Å². The highest BCUT2D eigenvalue weighted by Crippen LogP contribution is 2.28. The van der Waals surface area contributed by atoms with Gasteiger partial charge >= 0.3 is 0 Å². The van der Waals surface area contributed by atoms with Crippen LogP contribution in [0.4, 0.5) is 16.5 Å². The van der Waals surface area contributed by atoms with Gasteiger partial charge in [-0.05, 0) is 55.2 Å². The lowest BCUT2D eigenvalue weighted by atomic mass is 10.1. The monoisotopic (exact) mass is 492 g/mol. The van der Waals surface area contributed by atoms with Gasteiger partial charge in [0, 0.05) is 30.6 Å². The van der Waals surface area contributed by atoms with Gasteiger partial charge in [-0.15, -0.1) is 0 Å². The van der Waals surface area contributed by atoms with Crippen molar-refractivity contribution in [2.45, 2.75) is 26.2 Å². The van der Waals surface area contributed by atoms with Crippen molar-refractivity contribution in [3.05, 3.63) is 88.0 Å². The Morgan fingerprint density at radius 2 is 2.15 bits per heavy atom. The number of rotatable bonds is 9. The van der Waals surface area contributed by atoms with Gasteiger partial charge in [-0.2, -0.15) is 0 Å². The summed E-state index contributed by atoms with van der Waals surface area (Å²) < 4.78 is 5.90. The van der Waals surface area contributed by atoms with Crippen molar-refractivity contribution in [2.75, 3.05) is 17.2 Å². The molecule has 4 rings (SSSR count). The number of carbonyl (C=O) groups excluding carboxylic acids is 1. The number of aryl methyl sites for hydroxylation is 1. The number of allylic oxidation sites excluding steroid dienone is 3. The fourth-order valence-corrected chi connectivity index (χ4v) is 4.33. The van der Waals surface area contributed by atoms with Crippen LogP contribution >= 0.6 is 22.9 Å². The number of hydrogen-bond donors (Lipinski definition) is 2. The van der Waals surface area contributed by atoms with Crippen molar-refractivity contribution in [3.8, 4) is 5.75 Å². The molecule has 0 aliphatic carbocycles. The number of anilines is 3. The maximum absolute atomic E-state index is 12.6. The first-order valence-corrected chi connectivity index (χ1v) is 12.2. The number of hydrogen-bond acceptors (Lipinski definition) is 6. The van der Waals surface area contributed by atoms with E-state index in [0.717, 1.165) is 36.3 Å². The predicted octanol–water partition coefficient (Wildman–Crippen LogP) is 7.17. The average Bonchev–Trinajstić information content (AvgIpc) is 3.31. The summed E-state index contributed by atoms with van der Waals surface area (Å²) >= 11 is 7.49. The van der Waals surface area contributed by atoms with Gasteiger partial charge < -0.3 is 15.4 Å². The molecule has 174 valence electrons. The molecule has 0 atom stereocenters. The van der Waals surface area contributed by atoms with E-state index in [9.17, 15) is 4.79 Å². The Kier molecular flexibility index (Phi) is 8.12. The van der Waals surface area contributed by atoms with Gasteiger partial charge in [0.2, 0.25) is 0 Å². The third kappa shape index (κ3) is 6.56. The van der Waals surface area contributed by atoms with Crippen molar-refractivity contribution in [2.24, 2.45) is 4.99 Å². The number of para-hydroxylation sites is 1. The first kappa shape index (κ1) is 23.7. The number of benzene rings is 2. The lowest BCUT2D eigenvalue weighted by Crippen LogP contribution is -2.11. The quantitative estimate of drug-likeness (QED) is 0.310. The van der Waals surface area contributed by atoms with E-state index in [0.29, 0.717) is 27.3 Å². The van der Waals surface area contributed by atoms with Gasteiger partial charge in [0.1, 0.15) is 10.6 Å². The van der Waals surface area contributed by atoms with E-state index in [2.05, 4.69) is 26.7 Å². The molecule has 6 nitrogen and oxygen atoms in total. The van der Waals surface area contributed by atoms with Crippen LogP contribution < -0.4 is 15.4 Å². The second-order valence-electron chi connectivity index (χ2n) is 7.69. The summed E-state index contributed by atoms with van der Waals surface area (Å²) in [6, 6.07) is 13.2. The summed E-state index contributed by atoms with van der Waals surface area (Å²) in [6.07, 6.45) is 12.3. The summed E-state index contributed by atoms with van der Waals surface area (Å²) in [6.45, 7) is 2.53. The maximum Gasteiger partial charge on any atom is 0.267 e. The molecule has 0 bridgehead atoms. The van der Waals surface area contributed by atoms with E-state index in [4.69, 9.17) is 16.3 Å². The zero-order chi connectivity index (χ0) is 23.8. The lowest BCUT2D eigenvalue weighted by Gasteiger charge is -2.09. The van der Waals surface area contributed by atoms with E-state index in [-0.39, 0.29) is 5.91 Å². The minimum atomic E-state index is -0.246. The molecule has 1 aliphatic heterocycles. The molecule has 0 unspecified atom stereocenters. The Labute approximate surface area is 208 Å². The standard InChI is InChI=1S/C26H25ClN4O2S/c1-18-6-4-10-22(27)24(18)31-25(32)23-17-29-26(34-23)30-20-8-5-9-21(16-20)33-15-3-2-7-19-11-13-28-14-12-19/h4-11,13-14,16-17H,2-3,12,15H2,1H3,(H,29,30)(H,31,32)/b19-7+. The van der Waals surface area contributed by atoms with Crippen molar-refractivity contribution in [3.63, 3.8) is 0 Å². The Morgan fingerprint density at radius 1 is 1.26 bits per heavy atom. The molecular weight excluding hydrogens is 468 g/mol. The summed E-state index contributed by atoms with van der Waals surface area (Å²) in [5, 5.41) is 7.24. The van der Waals surface area contributed by atoms with Gasteiger partial charge in [0.25, 0.3) is 5.91 Å². The molecule has 1 aliphatic rings. The van der Waals surface area contributed by atoms with Crippen LogP contribution in [0.3, 0.4) is 0 Å².